The topological polar surface area (TPSA) is 43.1 Å². The van der Waals surface area contributed by atoms with Crippen LogP contribution in [0.25, 0.3) is 5.69 Å². The highest BCUT2D eigenvalue weighted by Gasteiger charge is 2.19. The van der Waals surface area contributed by atoms with E-state index in [4.69, 9.17) is 0 Å². The van der Waals surface area contributed by atoms with Gasteiger partial charge in [0.1, 0.15) is 5.82 Å². The Morgan fingerprint density at radius 3 is 2.54 bits per heavy atom. The smallest absolute Gasteiger partial charge is 0.255 e. The molecule has 0 saturated heterocycles. The molecule has 26 heavy (non-hydrogen) atoms. The summed E-state index contributed by atoms with van der Waals surface area (Å²) >= 11 is 0. The zero-order chi connectivity index (χ0) is 18.8. The van der Waals surface area contributed by atoms with Crippen molar-refractivity contribution in [1.29, 1.82) is 0 Å². The molecular formula is C20H23FN4O. The second-order valence-electron chi connectivity index (χ2n) is 6.46. The van der Waals surface area contributed by atoms with E-state index in [2.05, 4.69) is 16.6 Å². The molecule has 0 atom stereocenters. The second kappa shape index (κ2) is 7.15. The molecule has 0 fully saturated rings. The average Bonchev–Trinajstić information content (AvgIpc) is 3.19. The molecule has 3 aromatic rings. The Bertz CT molecular complexity index is 924. The number of hydrogen-bond acceptors (Lipinski definition) is 2. The minimum atomic E-state index is -0.281. The summed E-state index contributed by atoms with van der Waals surface area (Å²) < 4.78 is 16.9. The number of aryl methyl sites for hydroxylation is 1. The van der Waals surface area contributed by atoms with Crippen molar-refractivity contribution >= 4 is 5.91 Å². The van der Waals surface area contributed by atoms with Crippen molar-refractivity contribution in [2.24, 2.45) is 0 Å². The maximum atomic E-state index is 13.0. The number of carbonyl (C=O) groups excluding carboxylic acids is 1. The lowest BCUT2D eigenvalue weighted by atomic mass is 10.2. The number of carbonyl (C=O) groups is 1. The van der Waals surface area contributed by atoms with Crippen LogP contribution in [0, 0.1) is 19.7 Å². The number of hydrogen-bond donors (Lipinski definition) is 0. The van der Waals surface area contributed by atoms with Gasteiger partial charge < -0.3 is 9.47 Å². The first kappa shape index (κ1) is 17.9. The quantitative estimate of drug-likeness (QED) is 0.701. The summed E-state index contributed by atoms with van der Waals surface area (Å²) in [5.74, 6) is -0.288. The van der Waals surface area contributed by atoms with Crippen LogP contribution in [0.1, 0.15) is 34.2 Å². The number of halogens is 1. The first-order valence-electron chi connectivity index (χ1n) is 8.62. The van der Waals surface area contributed by atoms with Gasteiger partial charge in [0, 0.05) is 43.3 Å². The highest BCUT2D eigenvalue weighted by atomic mass is 19.1. The molecule has 1 aromatic carbocycles. The van der Waals surface area contributed by atoms with Crippen LogP contribution in [0.5, 0.6) is 0 Å². The van der Waals surface area contributed by atoms with Crippen molar-refractivity contribution in [3.63, 3.8) is 0 Å². The van der Waals surface area contributed by atoms with Gasteiger partial charge in [0.15, 0.2) is 0 Å². The third-order valence-electron chi connectivity index (χ3n) is 4.61. The highest BCUT2D eigenvalue weighted by molar-refractivity contribution is 5.95. The summed E-state index contributed by atoms with van der Waals surface area (Å²) in [4.78, 5) is 14.5. The van der Waals surface area contributed by atoms with E-state index < -0.39 is 0 Å². The van der Waals surface area contributed by atoms with Gasteiger partial charge in [-0.2, -0.15) is 5.10 Å². The molecule has 0 aliphatic heterocycles. The van der Waals surface area contributed by atoms with Gasteiger partial charge in [0.25, 0.3) is 5.91 Å². The SMILES string of the molecule is CCn1c(C)cc(C(=O)N(C)Cc2cnn(-c3ccc(F)cc3)c2)c1C. The van der Waals surface area contributed by atoms with Crippen molar-refractivity contribution < 1.29 is 9.18 Å². The van der Waals surface area contributed by atoms with Gasteiger partial charge in [-0.25, -0.2) is 9.07 Å². The normalized spacial score (nSPS) is 11.0. The molecule has 0 aliphatic carbocycles. The maximum absolute atomic E-state index is 13.0. The minimum Gasteiger partial charge on any atom is -0.349 e. The molecule has 0 unspecified atom stereocenters. The summed E-state index contributed by atoms with van der Waals surface area (Å²) in [7, 11) is 1.79. The molecule has 0 radical (unpaired) electrons. The Kier molecular flexibility index (Phi) is 4.93. The van der Waals surface area contributed by atoms with Gasteiger partial charge in [0.05, 0.1) is 17.4 Å². The lowest BCUT2D eigenvalue weighted by Crippen LogP contribution is -2.26. The third-order valence-corrected chi connectivity index (χ3v) is 4.61. The third kappa shape index (κ3) is 3.40. The van der Waals surface area contributed by atoms with Crippen LogP contribution in [-0.2, 0) is 13.1 Å². The van der Waals surface area contributed by atoms with Crippen LogP contribution in [-0.4, -0.2) is 32.2 Å². The van der Waals surface area contributed by atoms with E-state index in [0.717, 1.165) is 34.7 Å². The van der Waals surface area contributed by atoms with Gasteiger partial charge in [-0.05, 0) is 51.1 Å². The zero-order valence-corrected chi connectivity index (χ0v) is 15.5. The molecule has 0 saturated carbocycles. The standard InChI is InChI=1S/C20H23FN4O/c1-5-24-14(2)10-19(15(24)3)20(26)23(4)12-16-11-22-25(13-16)18-8-6-17(21)7-9-18/h6-11,13H,5,12H2,1-4H3. The van der Waals surface area contributed by atoms with Crippen molar-refractivity contribution in [3.05, 3.63) is 71.1 Å². The van der Waals surface area contributed by atoms with Crippen LogP contribution in [0.4, 0.5) is 4.39 Å². The summed E-state index contributed by atoms with van der Waals surface area (Å²) in [6.45, 7) is 7.36. The van der Waals surface area contributed by atoms with Crippen molar-refractivity contribution in [2.75, 3.05) is 7.05 Å². The zero-order valence-electron chi connectivity index (χ0n) is 15.5. The first-order valence-corrected chi connectivity index (χ1v) is 8.62. The molecule has 1 amide bonds. The Morgan fingerprint density at radius 1 is 1.23 bits per heavy atom. The number of benzene rings is 1. The van der Waals surface area contributed by atoms with Gasteiger partial charge in [0.2, 0.25) is 0 Å². The molecule has 0 spiro atoms. The molecule has 6 heteroatoms. The molecular weight excluding hydrogens is 331 g/mol. The van der Waals surface area contributed by atoms with E-state index in [1.807, 2.05) is 26.1 Å². The summed E-state index contributed by atoms with van der Waals surface area (Å²) in [5, 5.41) is 4.30. The van der Waals surface area contributed by atoms with Gasteiger partial charge in [-0.3, -0.25) is 4.79 Å². The molecule has 2 aromatic heterocycles. The molecule has 5 nitrogen and oxygen atoms in total. The van der Waals surface area contributed by atoms with Gasteiger partial charge >= 0.3 is 0 Å². The number of amides is 1. The molecule has 3 rings (SSSR count). The molecule has 0 N–H and O–H groups in total. The largest absolute Gasteiger partial charge is 0.349 e. The van der Waals surface area contributed by atoms with Crippen LogP contribution in [0.2, 0.25) is 0 Å². The predicted molar refractivity (Wildman–Crippen MR) is 98.9 cm³/mol. The highest BCUT2D eigenvalue weighted by Crippen LogP contribution is 2.18. The first-order chi connectivity index (χ1) is 12.4. The van der Waals surface area contributed by atoms with Crippen molar-refractivity contribution in [1.82, 2.24) is 19.2 Å². The van der Waals surface area contributed by atoms with Crippen LogP contribution in [0.3, 0.4) is 0 Å². The Hall–Kier alpha value is -2.89. The number of rotatable bonds is 5. The minimum absolute atomic E-state index is 0.00710. The van der Waals surface area contributed by atoms with Gasteiger partial charge in [-0.1, -0.05) is 0 Å². The van der Waals surface area contributed by atoms with Crippen LogP contribution in [0.15, 0.2) is 42.7 Å². The molecule has 136 valence electrons. The van der Waals surface area contributed by atoms with E-state index in [0.29, 0.717) is 6.54 Å². The fourth-order valence-corrected chi connectivity index (χ4v) is 3.23. The number of nitrogens with zero attached hydrogens (tertiary/aromatic N) is 4. The lowest BCUT2D eigenvalue weighted by molar-refractivity contribution is 0.0784. The molecule has 0 bridgehead atoms. The lowest BCUT2D eigenvalue weighted by Gasteiger charge is -2.16. The second-order valence-corrected chi connectivity index (χ2v) is 6.46. The Labute approximate surface area is 152 Å². The van der Waals surface area contributed by atoms with E-state index in [1.54, 1.807) is 35.0 Å². The average molecular weight is 354 g/mol. The Morgan fingerprint density at radius 2 is 1.92 bits per heavy atom. The molecule has 0 aliphatic rings. The molecule has 2 heterocycles. The van der Waals surface area contributed by atoms with E-state index in [1.165, 1.54) is 12.1 Å². The summed E-state index contributed by atoms with van der Waals surface area (Å²) in [6.07, 6.45) is 3.58. The van der Waals surface area contributed by atoms with Crippen LogP contribution >= 0.6 is 0 Å². The van der Waals surface area contributed by atoms with E-state index in [-0.39, 0.29) is 11.7 Å². The van der Waals surface area contributed by atoms with Crippen LogP contribution < -0.4 is 0 Å². The summed E-state index contributed by atoms with van der Waals surface area (Å²) in [5.41, 5.74) is 4.50. The van der Waals surface area contributed by atoms with E-state index in [9.17, 15) is 9.18 Å². The van der Waals surface area contributed by atoms with Crippen molar-refractivity contribution in [3.8, 4) is 5.69 Å². The summed E-state index contributed by atoms with van der Waals surface area (Å²) in [6, 6.07) is 8.08. The predicted octanol–water partition coefficient (Wildman–Crippen LogP) is 3.72. The monoisotopic (exact) mass is 354 g/mol. The fourth-order valence-electron chi connectivity index (χ4n) is 3.23. The van der Waals surface area contributed by atoms with Crippen molar-refractivity contribution in [2.45, 2.75) is 33.9 Å². The van der Waals surface area contributed by atoms with Gasteiger partial charge in [-0.15, -0.1) is 0 Å². The fraction of sp³-hybridized carbons (Fsp3) is 0.300. The maximum Gasteiger partial charge on any atom is 0.255 e. The number of aromatic nitrogens is 3. The Balaban J connectivity index is 1.75. The van der Waals surface area contributed by atoms with E-state index >= 15 is 0 Å².